The van der Waals surface area contributed by atoms with E-state index >= 15 is 0 Å². The number of sulfonamides is 1. The molecule has 1 aromatic heterocycles. The normalized spacial score (nSPS) is 12.3. The van der Waals surface area contributed by atoms with Crippen LogP contribution in [0.4, 0.5) is 5.69 Å². The summed E-state index contributed by atoms with van der Waals surface area (Å²) < 4.78 is 31.1. The first-order valence-corrected chi connectivity index (χ1v) is 16.5. The highest BCUT2D eigenvalue weighted by atomic mass is 32.2. The van der Waals surface area contributed by atoms with Crippen LogP contribution in [0.1, 0.15) is 57.9 Å². The van der Waals surface area contributed by atoms with Gasteiger partial charge in [0.25, 0.3) is 11.5 Å². The number of Topliss-reactive ketones (excluding diaryl/α,β-unsaturated/α-hetero) is 3. The lowest BCUT2D eigenvalue weighted by Gasteiger charge is -2.20. The van der Waals surface area contributed by atoms with Crippen molar-refractivity contribution in [2.45, 2.75) is 76.3 Å². The Labute approximate surface area is 263 Å². The van der Waals surface area contributed by atoms with Gasteiger partial charge in [0, 0.05) is 61.6 Å². The molecule has 2 aromatic carbocycles. The molecule has 0 fully saturated rings. The molecule has 0 unspecified atom stereocenters. The predicted octanol–water partition coefficient (Wildman–Crippen LogP) is 3.15. The average Bonchev–Trinajstić information content (AvgIpc) is 3.00. The standard InChI is InChI=1S/C33H42N4O7S/c1-5-22(6-2)15-16-24(38)21-37-19-9-10-23(33(37)42)20-30(40)27(17-18-29(39)32(34)41)35-45(43,44)31-14-8-11-25-26(31)12-7-13-28(25)36(3)4/h7-14,19,22,27,35H,5-6,15-18,20-21H2,1-4H3,(H2,34,41)/t27-/m0/s1. The second-order valence-electron chi connectivity index (χ2n) is 11.4. The first-order chi connectivity index (χ1) is 21.3. The van der Waals surface area contributed by atoms with Gasteiger partial charge in [0.2, 0.25) is 15.8 Å². The topological polar surface area (TPSA) is 166 Å². The number of nitrogens with zero attached hydrogens (tertiary/aromatic N) is 2. The van der Waals surface area contributed by atoms with Crippen molar-refractivity contribution in [1.82, 2.24) is 9.29 Å². The summed E-state index contributed by atoms with van der Waals surface area (Å²) in [6, 6.07) is 11.6. The van der Waals surface area contributed by atoms with Gasteiger partial charge >= 0.3 is 0 Å². The van der Waals surface area contributed by atoms with Gasteiger partial charge in [0.15, 0.2) is 11.6 Å². The van der Waals surface area contributed by atoms with E-state index in [9.17, 15) is 32.4 Å². The highest BCUT2D eigenvalue weighted by molar-refractivity contribution is 7.89. The number of ketones is 3. The maximum absolute atomic E-state index is 13.7. The molecule has 12 heteroatoms. The van der Waals surface area contributed by atoms with Crippen LogP contribution in [0, 0.1) is 5.92 Å². The number of aromatic nitrogens is 1. The lowest BCUT2D eigenvalue weighted by Crippen LogP contribution is -2.43. The minimum Gasteiger partial charge on any atom is -0.377 e. The summed E-state index contributed by atoms with van der Waals surface area (Å²) in [4.78, 5) is 64.6. The number of rotatable bonds is 18. The number of carbonyl (C=O) groups is 4. The van der Waals surface area contributed by atoms with E-state index in [2.05, 4.69) is 18.6 Å². The number of fused-ring (bicyclic) bond motifs is 1. The first kappa shape index (κ1) is 35.3. The van der Waals surface area contributed by atoms with E-state index in [1.165, 1.54) is 22.9 Å². The third kappa shape index (κ3) is 9.18. The zero-order valence-electron chi connectivity index (χ0n) is 26.2. The van der Waals surface area contributed by atoms with E-state index in [1.54, 1.807) is 30.3 Å². The van der Waals surface area contributed by atoms with Gasteiger partial charge in [-0.05, 0) is 37.0 Å². The summed E-state index contributed by atoms with van der Waals surface area (Å²) in [5.74, 6) is -2.51. The quantitative estimate of drug-likeness (QED) is 0.201. The van der Waals surface area contributed by atoms with Crippen molar-refractivity contribution >= 4 is 49.7 Å². The molecule has 11 nitrogen and oxygen atoms in total. The van der Waals surface area contributed by atoms with E-state index in [4.69, 9.17) is 5.73 Å². The van der Waals surface area contributed by atoms with Gasteiger partial charge in [-0.25, -0.2) is 13.1 Å². The Morgan fingerprint density at radius 1 is 0.911 bits per heavy atom. The maximum atomic E-state index is 13.7. The van der Waals surface area contributed by atoms with Gasteiger partial charge < -0.3 is 15.2 Å². The minimum absolute atomic E-state index is 0.0708. The molecule has 3 aromatic rings. The largest absolute Gasteiger partial charge is 0.377 e. The molecule has 0 saturated carbocycles. The molecular formula is C33H42N4O7S. The molecule has 0 spiro atoms. The number of carbonyl (C=O) groups excluding carboxylic acids is 4. The number of pyridine rings is 1. The van der Waals surface area contributed by atoms with Crippen LogP contribution in [0.15, 0.2) is 64.4 Å². The third-order valence-corrected chi connectivity index (χ3v) is 9.58. The van der Waals surface area contributed by atoms with E-state index in [0.29, 0.717) is 23.1 Å². The smallest absolute Gasteiger partial charge is 0.284 e. The van der Waals surface area contributed by atoms with E-state index < -0.39 is 51.9 Å². The molecule has 3 rings (SSSR count). The second kappa shape index (κ2) is 15.7. The molecular weight excluding hydrogens is 596 g/mol. The highest BCUT2D eigenvalue weighted by Gasteiger charge is 2.29. The van der Waals surface area contributed by atoms with Gasteiger partial charge in [-0.1, -0.05) is 57.0 Å². The van der Waals surface area contributed by atoms with Crippen molar-refractivity contribution in [2.24, 2.45) is 11.7 Å². The number of hydrogen-bond donors (Lipinski definition) is 2. The summed E-state index contributed by atoms with van der Waals surface area (Å²) in [5, 5.41) is 1.10. The molecule has 3 N–H and O–H groups in total. The number of benzene rings is 2. The Balaban J connectivity index is 1.89. The molecule has 0 radical (unpaired) electrons. The fraction of sp³-hybridized carbons (Fsp3) is 0.424. The van der Waals surface area contributed by atoms with Gasteiger partial charge in [0.05, 0.1) is 17.5 Å². The Morgan fingerprint density at radius 3 is 2.22 bits per heavy atom. The average molecular weight is 639 g/mol. The Morgan fingerprint density at radius 2 is 1.58 bits per heavy atom. The van der Waals surface area contributed by atoms with Crippen LogP contribution >= 0.6 is 0 Å². The number of nitrogens with one attached hydrogen (secondary N) is 1. The summed E-state index contributed by atoms with van der Waals surface area (Å²) >= 11 is 0. The van der Waals surface area contributed by atoms with Gasteiger partial charge in [-0.2, -0.15) is 0 Å². The Bertz CT molecular complexity index is 1730. The monoisotopic (exact) mass is 638 g/mol. The highest BCUT2D eigenvalue weighted by Crippen LogP contribution is 2.30. The van der Waals surface area contributed by atoms with Crippen molar-refractivity contribution in [3.8, 4) is 0 Å². The maximum Gasteiger partial charge on any atom is 0.284 e. The van der Waals surface area contributed by atoms with Crippen LogP contribution in [-0.2, 0) is 42.2 Å². The summed E-state index contributed by atoms with van der Waals surface area (Å²) in [6.45, 7) is 4.01. The van der Waals surface area contributed by atoms with Crippen molar-refractivity contribution in [3.63, 3.8) is 0 Å². The molecule has 0 saturated heterocycles. The molecule has 1 heterocycles. The molecule has 1 atom stereocenters. The van der Waals surface area contributed by atoms with Crippen molar-refractivity contribution < 1.29 is 27.6 Å². The zero-order valence-corrected chi connectivity index (χ0v) is 27.1. The lowest BCUT2D eigenvalue weighted by atomic mass is 9.96. The van der Waals surface area contributed by atoms with Crippen molar-refractivity contribution in [3.05, 3.63) is 70.6 Å². The zero-order chi connectivity index (χ0) is 33.3. The summed E-state index contributed by atoms with van der Waals surface area (Å²) in [6.07, 6.45) is 3.20. The second-order valence-corrected chi connectivity index (χ2v) is 13.1. The fourth-order valence-electron chi connectivity index (χ4n) is 5.31. The van der Waals surface area contributed by atoms with E-state index in [-0.39, 0.29) is 29.2 Å². The molecule has 0 aliphatic heterocycles. The van der Waals surface area contributed by atoms with Crippen LogP contribution in [-0.4, -0.2) is 56.4 Å². The summed E-state index contributed by atoms with van der Waals surface area (Å²) in [7, 11) is -0.664. The van der Waals surface area contributed by atoms with Crippen LogP contribution in [0.5, 0.6) is 0 Å². The van der Waals surface area contributed by atoms with Gasteiger partial charge in [-0.15, -0.1) is 0 Å². The summed E-state index contributed by atoms with van der Waals surface area (Å²) in [5.41, 5.74) is 5.40. The van der Waals surface area contributed by atoms with Crippen LogP contribution in [0.3, 0.4) is 0 Å². The van der Waals surface area contributed by atoms with E-state index in [0.717, 1.165) is 24.9 Å². The number of hydrogen-bond acceptors (Lipinski definition) is 8. The SMILES string of the molecule is CCC(CC)CCC(=O)Cn1cccc(CC(=O)[C@H](CCC(=O)C(N)=O)NS(=O)(=O)c2cccc3c(N(C)C)cccc23)c1=O. The molecule has 45 heavy (non-hydrogen) atoms. The Hall–Kier alpha value is -4.16. The lowest BCUT2D eigenvalue weighted by molar-refractivity contribution is -0.136. The molecule has 242 valence electrons. The minimum atomic E-state index is -4.33. The number of primary amides is 1. The molecule has 0 bridgehead atoms. The molecule has 0 aliphatic rings. The van der Waals surface area contributed by atoms with Gasteiger partial charge in [-0.3, -0.25) is 24.0 Å². The fourth-order valence-corrected chi connectivity index (χ4v) is 6.79. The third-order valence-electron chi connectivity index (χ3n) is 8.05. The Kier molecular flexibility index (Phi) is 12.3. The molecule has 0 aliphatic carbocycles. The number of anilines is 1. The first-order valence-electron chi connectivity index (χ1n) is 15.1. The van der Waals surface area contributed by atoms with Gasteiger partial charge in [0.1, 0.15) is 0 Å². The van der Waals surface area contributed by atoms with E-state index in [1.807, 2.05) is 25.1 Å². The number of nitrogens with two attached hydrogens (primary N) is 1. The number of amides is 1. The van der Waals surface area contributed by atoms with Crippen LogP contribution < -0.4 is 20.9 Å². The van der Waals surface area contributed by atoms with Crippen LogP contribution in [0.2, 0.25) is 0 Å². The van der Waals surface area contributed by atoms with Crippen molar-refractivity contribution in [2.75, 3.05) is 19.0 Å². The van der Waals surface area contributed by atoms with Crippen LogP contribution in [0.25, 0.3) is 10.8 Å². The van der Waals surface area contributed by atoms with Crippen molar-refractivity contribution in [1.29, 1.82) is 0 Å². The predicted molar refractivity (Wildman–Crippen MR) is 174 cm³/mol. The molecule has 1 amide bonds.